The summed E-state index contributed by atoms with van der Waals surface area (Å²) in [5.74, 6) is -4.86. The first-order valence-electron chi connectivity index (χ1n) is 4.51. The first-order chi connectivity index (χ1) is 6.89. The van der Waals surface area contributed by atoms with E-state index in [9.17, 15) is 22.0 Å². The Morgan fingerprint density at radius 2 is 1.56 bits per heavy atom. The molecule has 0 aliphatic heterocycles. The van der Waals surface area contributed by atoms with Crippen molar-refractivity contribution in [3.05, 3.63) is 0 Å². The Labute approximate surface area is 90.4 Å². The van der Waals surface area contributed by atoms with Crippen molar-refractivity contribution in [2.24, 2.45) is 0 Å². The molecule has 0 aromatic heterocycles. The number of hydrogen-bond donors (Lipinski definition) is 1. The summed E-state index contributed by atoms with van der Waals surface area (Å²) < 4.78 is 60.9. The molecule has 0 rings (SSSR count). The van der Waals surface area contributed by atoms with Gasteiger partial charge in [-0.15, -0.1) is 0 Å². The van der Waals surface area contributed by atoms with Gasteiger partial charge in [0.25, 0.3) is 0 Å². The van der Waals surface area contributed by atoms with Crippen molar-refractivity contribution in [3.63, 3.8) is 0 Å². The van der Waals surface area contributed by atoms with Gasteiger partial charge < -0.3 is 0 Å². The average molecular weight is 244 g/mol. The van der Waals surface area contributed by atoms with E-state index in [1.54, 1.807) is 20.8 Å². The molecule has 0 heterocycles. The summed E-state index contributed by atoms with van der Waals surface area (Å²) in [6.07, 6.45) is -7.20. The zero-order chi connectivity index (χ0) is 13.2. The summed E-state index contributed by atoms with van der Waals surface area (Å²) in [6.45, 7) is 4.72. The summed E-state index contributed by atoms with van der Waals surface area (Å²) in [5.41, 5.74) is -0.706. The number of nitrogens with zero attached hydrogens (tertiary/aromatic N) is 1. The molecular weight excluding hydrogens is 231 g/mol. The van der Waals surface area contributed by atoms with E-state index in [0.29, 0.717) is 0 Å². The molecule has 0 fully saturated rings. The maximum absolute atomic E-state index is 12.6. The van der Waals surface area contributed by atoms with Gasteiger partial charge in [-0.1, -0.05) is 0 Å². The molecule has 2 nitrogen and oxygen atoms in total. The van der Waals surface area contributed by atoms with Gasteiger partial charge in [0.2, 0.25) is 0 Å². The lowest BCUT2D eigenvalue weighted by Gasteiger charge is -2.27. The molecule has 0 aliphatic carbocycles. The summed E-state index contributed by atoms with van der Waals surface area (Å²) in [4.78, 5) is 0. The van der Waals surface area contributed by atoms with Crippen LogP contribution in [0.5, 0.6) is 0 Å². The fraction of sp³-hybridized carbons (Fsp3) is 0.889. The molecule has 0 amide bonds. The van der Waals surface area contributed by atoms with E-state index in [0.717, 1.165) is 0 Å². The van der Waals surface area contributed by atoms with Crippen LogP contribution in [0.2, 0.25) is 0 Å². The number of hydrogen-bond acceptors (Lipinski definition) is 2. The Kier molecular flexibility index (Phi) is 4.28. The molecule has 0 aromatic carbocycles. The van der Waals surface area contributed by atoms with Gasteiger partial charge in [-0.25, -0.2) is 0 Å². The van der Waals surface area contributed by atoms with Gasteiger partial charge in [-0.2, -0.15) is 27.2 Å². The highest BCUT2D eigenvalue weighted by Gasteiger charge is 2.58. The minimum absolute atomic E-state index is 0.706. The number of rotatable bonds is 3. The van der Waals surface area contributed by atoms with E-state index in [1.165, 1.54) is 6.07 Å². The normalized spacial score (nSPS) is 15.7. The van der Waals surface area contributed by atoms with E-state index < -0.39 is 30.1 Å². The lowest BCUT2D eigenvalue weighted by Crippen LogP contribution is -2.48. The molecule has 0 spiro atoms. The standard InChI is InChI=1S/C9H13F5N2/c1-7(2,3)16-6(5-15)4-8(10,11)9(12,13)14/h6,16H,4H2,1-3H3. The molecule has 1 atom stereocenters. The van der Waals surface area contributed by atoms with Gasteiger partial charge in [0.05, 0.1) is 6.07 Å². The van der Waals surface area contributed by atoms with Crippen LogP contribution >= 0.6 is 0 Å². The molecule has 0 saturated heterocycles. The molecule has 0 aliphatic rings. The molecule has 0 bridgehead atoms. The molecule has 0 radical (unpaired) electrons. The van der Waals surface area contributed by atoms with Crippen LogP contribution in [0.15, 0.2) is 0 Å². The van der Waals surface area contributed by atoms with Crippen molar-refractivity contribution < 1.29 is 22.0 Å². The number of nitriles is 1. The van der Waals surface area contributed by atoms with Crippen LogP contribution in [0.4, 0.5) is 22.0 Å². The van der Waals surface area contributed by atoms with E-state index in [1.807, 2.05) is 0 Å². The smallest absolute Gasteiger partial charge is 0.297 e. The van der Waals surface area contributed by atoms with Crippen LogP contribution in [0.1, 0.15) is 27.2 Å². The first kappa shape index (κ1) is 15.1. The quantitative estimate of drug-likeness (QED) is 0.775. The maximum Gasteiger partial charge on any atom is 0.453 e. The van der Waals surface area contributed by atoms with Crippen LogP contribution in [0.3, 0.4) is 0 Å². The van der Waals surface area contributed by atoms with Crippen LogP contribution in [0, 0.1) is 11.3 Å². The lowest BCUT2D eigenvalue weighted by molar-refractivity contribution is -0.285. The second-order valence-electron chi connectivity index (χ2n) is 4.48. The second kappa shape index (κ2) is 4.53. The summed E-state index contributed by atoms with van der Waals surface area (Å²) in [6, 6.07) is -0.149. The second-order valence-corrected chi connectivity index (χ2v) is 4.48. The van der Waals surface area contributed by atoms with Crippen molar-refractivity contribution in [2.45, 2.75) is 50.9 Å². The predicted molar refractivity (Wildman–Crippen MR) is 47.9 cm³/mol. The van der Waals surface area contributed by atoms with Crippen molar-refractivity contribution >= 4 is 0 Å². The lowest BCUT2D eigenvalue weighted by atomic mass is 10.0. The fourth-order valence-corrected chi connectivity index (χ4v) is 1.02. The summed E-state index contributed by atoms with van der Waals surface area (Å²) in [5, 5.41) is 10.9. The Hall–Kier alpha value is -0.900. The number of nitrogens with one attached hydrogen (secondary N) is 1. The zero-order valence-electron chi connectivity index (χ0n) is 9.12. The van der Waals surface area contributed by atoms with Crippen LogP contribution < -0.4 is 5.32 Å². The fourth-order valence-electron chi connectivity index (χ4n) is 1.02. The van der Waals surface area contributed by atoms with E-state index in [2.05, 4.69) is 5.32 Å². The van der Waals surface area contributed by atoms with Crippen molar-refractivity contribution in [3.8, 4) is 6.07 Å². The minimum Gasteiger partial charge on any atom is -0.297 e. The average Bonchev–Trinajstić information content (AvgIpc) is 1.97. The monoisotopic (exact) mass is 244 g/mol. The Morgan fingerprint density at radius 3 is 1.81 bits per heavy atom. The third kappa shape index (κ3) is 4.75. The molecule has 7 heteroatoms. The molecule has 16 heavy (non-hydrogen) atoms. The maximum atomic E-state index is 12.6. The highest BCUT2D eigenvalue weighted by molar-refractivity contribution is 4.98. The SMILES string of the molecule is CC(C)(C)NC(C#N)CC(F)(F)C(F)(F)F. The van der Waals surface area contributed by atoms with Gasteiger partial charge >= 0.3 is 12.1 Å². The number of alkyl halides is 5. The van der Waals surface area contributed by atoms with Crippen LogP contribution in [-0.4, -0.2) is 23.7 Å². The third-order valence-corrected chi connectivity index (χ3v) is 1.64. The van der Waals surface area contributed by atoms with Gasteiger partial charge in [0.1, 0.15) is 6.04 Å². The van der Waals surface area contributed by atoms with Crippen molar-refractivity contribution in [1.82, 2.24) is 5.32 Å². The Bertz CT molecular complexity index is 271. The largest absolute Gasteiger partial charge is 0.453 e. The topological polar surface area (TPSA) is 35.8 Å². The summed E-state index contributed by atoms with van der Waals surface area (Å²) >= 11 is 0. The molecule has 1 N–H and O–H groups in total. The number of halogens is 5. The van der Waals surface area contributed by atoms with Crippen molar-refractivity contribution in [2.75, 3.05) is 0 Å². The van der Waals surface area contributed by atoms with Crippen molar-refractivity contribution in [1.29, 1.82) is 5.26 Å². The zero-order valence-corrected chi connectivity index (χ0v) is 9.12. The van der Waals surface area contributed by atoms with E-state index >= 15 is 0 Å². The van der Waals surface area contributed by atoms with Gasteiger partial charge in [0.15, 0.2) is 0 Å². The van der Waals surface area contributed by atoms with E-state index in [-0.39, 0.29) is 0 Å². The molecule has 0 saturated carbocycles. The third-order valence-electron chi connectivity index (χ3n) is 1.64. The Morgan fingerprint density at radius 1 is 1.12 bits per heavy atom. The van der Waals surface area contributed by atoms with Gasteiger partial charge in [0, 0.05) is 12.0 Å². The van der Waals surface area contributed by atoms with E-state index in [4.69, 9.17) is 5.26 Å². The minimum atomic E-state index is -5.62. The highest BCUT2D eigenvalue weighted by atomic mass is 19.4. The van der Waals surface area contributed by atoms with Crippen LogP contribution in [0.25, 0.3) is 0 Å². The Balaban J connectivity index is 4.64. The van der Waals surface area contributed by atoms with Gasteiger partial charge in [-0.3, -0.25) is 5.32 Å². The molecule has 1 unspecified atom stereocenters. The van der Waals surface area contributed by atoms with Gasteiger partial charge in [-0.05, 0) is 20.8 Å². The molecule has 94 valence electrons. The summed E-state index contributed by atoms with van der Waals surface area (Å²) in [7, 11) is 0. The molecular formula is C9H13F5N2. The first-order valence-corrected chi connectivity index (χ1v) is 4.51. The molecule has 0 aromatic rings. The van der Waals surface area contributed by atoms with Crippen LogP contribution in [-0.2, 0) is 0 Å². The predicted octanol–water partition coefficient (Wildman–Crippen LogP) is 2.85. The highest BCUT2D eigenvalue weighted by Crippen LogP contribution is 2.38.